The minimum absolute atomic E-state index is 0.267. The molecule has 0 fully saturated rings. The number of thiazole rings is 1. The molecular weight excluding hydrogens is 180 g/mol. The van der Waals surface area contributed by atoms with E-state index in [2.05, 4.69) is 14.8 Å². The lowest BCUT2D eigenvalue weighted by Gasteiger charge is -1.87. The molecular formula is C5H4N4O2S. The Hall–Kier alpha value is -1.63. The summed E-state index contributed by atoms with van der Waals surface area (Å²) in [7, 11) is 0. The van der Waals surface area contributed by atoms with Crippen molar-refractivity contribution >= 4 is 16.5 Å². The van der Waals surface area contributed by atoms with Crippen LogP contribution in [0.1, 0.15) is 0 Å². The van der Waals surface area contributed by atoms with Crippen LogP contribution in [0.5, 0.6) is 0 Å². The van der Waals surface area contributed by atoms with Gasteiger partial charge in [-0.3, -0.25) is 4.63 Å². The molecule has 2 aromatic rings. The van der Waals surface area contributed by atoms with Crippen molar-refractivity contribution in [2.45, 2.75) is 0 Å². The molecule has 0 aliphatic rings. The van der Waals surface area contributed by atoms with E-state index in [9.17, 15) is 5.21 Å². The molecule has 2 heterocycles. The lowest BCUT2D eigenvalue weighted by molar-refractivity contribution is -0.793. The fourth-order valence-corrected chi connectivity index (χ4v) is 1.33. The van der Waals surface area contributed by atoms with E-state index in [0.29, 0.717) is 10.8 Å². The summed E-state index contributed by atoms with van der Waals surface area (Å²) < 4.78 is 4.26. The van der Waals surface area contributed by atoms with Crippen LogP contribution in [0.4, 0.5) is 5.13 Å². The zero-order valence-electron chi connectivity index (χ0n) is 5.80. The summed E-state index contributed by atoms with van der Waals surface area (Å²) >= 11 is 1.26. The third kappa shape index (κ3) is 0.996. The van der Waals surface area contributed by atoms with Crippen LogP contribution in [0.3, 0.4) is 0 Å². The van der Waals surface area contributed by atoms with Gasteiger partial charge in [-0.1, -0.05) is 0 Å². The molecule has 0 amide bonds. The van der Waals surface area contributed by atoms with Gasteiger partial charge in [0.15, 0.2) is 5.13 Å². The Morgan fingerprint density at radius 2 is 2.50 bits per heavy atom. The van der Waals surface area contributed by atoms with E-state index in [1.54, 1.807) is 5.38 Å². The highest BCUT2D eigenvalue weighted by molar-refractivity contribution is 7.13. The average Bonchev–Trinajstić information content (AvgIpc) is 2.58. The number of nitrogen functional groups attached to an aromatic ring is 1. The largest absolute Gasteiger partial charge is 0.375 e. The summed E-state index contributed by atoms with van der Waals surface area (Å²) in [4.78, 5) is 4.18. The summed E-state index contributed by atoms with van der Waals surface area (Å²) in [5, 5.41) is 16.2. The van der Waals surface area contributed by atoms with Crippen LogP contribution in [0.15, 0.2) is 16.2 Å². The van der Waals surface area contributed by atoms with Gasteiger partial charge < -0.3 is 10.9 Å². The molecule has 0 saturated heterocycles. The molecule has 6 nitrogen and oxygen atoms in total. The van der Waals surface area contributed by atoms with Gasteiger partial charge in [0.25, 0.3) is 0 Å². The van der Waals surface area contributed by atoms with Crippen molar-refractivity contribution in [1.82, 2.24) is 10.1 Å². The molecule has 0 radical (unpaired) electrons. The molecule has 62 valence electrons. The summed E-state index contributed by atoms with van der Waals surface area (Å²) in [6.07, 6.45) is 1.29. The van der Waals surface area contributed by atoms with Crippen LogP contribution in [-0.2, 0) is 0 Å². The van der Waals surface area contributed by atoms with Gasteiger partial charge in [-0.15, -0.1) is 11.3 Å². The van der Waals surface area contributed by atoms with Crippen molar-refractivity contribution in [3.05, 3.63) is 16.8 Å². The number of nitrogens with zero attached hydrogens (tertiary/aromatic N) is 3. The Bertz CT molecular complexity index is 396. The molecule has 0 saturated carbocycles. The Balaban J connectivity index is 2.50. The van der Waals surface area contributed by atoms with Crippen LogP contribution in [-0.4, -0.2) is 10.1 Å². The van der Waals surface area contributed by atoms with Gasteiger partial charge in [0, 0.05) is 10.5 Å². The monoisotopic (exact) mass is 184 g/mol. The second-order valence-electron chi connectivity index (χ2n) is 2.03. The highest BCUT2D eigenvalue weighted by Crippen LogP contribution is 2.19. The zero-order chi connectivity index (χ0) is 8.55. The maximum Gasteiger partial charge on any atom is 0.244 e. The van der Waals surface area contributed by atoms with Crippen molar-refractivity contribution in [3.63, 3.8) is 0 Å². The molecule has 0 bridgehead atoms. The minimum atomic E-state index is 0.267. The summed E-state index contributed by atoms with van der Waals surface area (Å²) in [6.45, 7) is 0. The van der Waals surface area contributed by atoms with Crippen LogP contribution in [0, 0.1) is 5.21 Å². The number of nitrogens with two attached hydrogens (primary N) is 1. The SMILES string of the molecule is Nc1nc(-c2cno[n+]2[O-])cs1. The third-order valence-corrected chi connectivity index (χ3v) is 1.95. The number of hydrogen-bond donors (Lipinski definition) is 1. The molecule has 0 aliphatic carbocycles. The van der Waals surface area contributed by atoms with Gasteiger partial charge in [-0.25, -0.2) is 4.98 Å². The zero-order valence-corrected chi connectivity index (χ0v) is 6.61. The van der Waals surface area contributed by atoms with Crippen molar-refractivity contribution in [2.75, 3.05) is 5.73 Å². The second-order valence-corrected chi connectivity index (χ2v) is 2.92. The van der Waals surface area contributed by atoms with Crippen molar-refractivity contribution < 1.29 is 9.53 Å². The fraction of sp³-hybridized carbons (Fsp3) is 0. The Morgan fingerprint density at radius 3 is 3.00 bits per heavy atom. The first kappa shape index (κ1) is 7.04. The van der Waals surface area contributed by atoms with E-state index in [4.69, 9.17) is 5.73 Å². The molecule has 2 N–H and O–H groups in total. The number of rotatable bonds is 1. The third-order valence-electron chi connectivity index (χ3n) is 1.28. The number of anilines is 1. The number of hydrogen-bond acceptors (Lipinski definition) is 6. The molecule has 7 heteroatoms. The first-order chi connectivity index (χ1) is 5.77. The van der Waals surface area contributed by atoms with E-state index >= 15 is 0 Å². The topological polar surface area (TPSA) is 91.9 Å². The van der Waals surface area contributed by atoms with E-state index in [1.807, 2.05) is 0 Å². The van der Waals surface area contributed by atoms with E-state index in [1.165, 1.54) is 17.5 Å². The lowest BCUT2D eigenvalue weighted by Crippen LogP contribution is -2.25. The molecule has 0 atom stereocenters. The molecule has 0 aromatic carbocycles. The Morgan fingerprint density at radius 1 is 1.67 bits per heavy atom. The van der Waals surface area contributed by atoms with E-state index in [0.717, 1.165) is 0 Å². The molecule has 12 heavy (non-hydrogen) atoms. The summed E-state index contributed by atoms with van der Waals surface area (Å²) in [5.41, 5.74) is 6.13. The molecule has 0 unspecified atom stereocenters. The normalized spacial score (nSPS) is 10.3. The van der Waals surface area contributed by atoms with Gasteiger partial charge in [-0.05, 0) is 4.90 Å². The number of aromatic nitrogens is 3. The van der Waals surface area contributed by atoms with Gasteiger partial charge >= 0.3 is 0 Å². The van der Waals surface area contributed by atoms with E-state index < -0.39 is 0 Å². The maximum absolute atomic E-state index is 10.8. The summed E-state index contributed by atoms with van der Waals surface area (Å²) in [5.74, 6) is 0. The Kier molecular flexibility index (Phi) is 1.44. The molecule has 2 aromatic heterocycles. The quantitative estimate of drug-likeness (QED) is 0.630. The molecule has 0 spiro atoms. The predicted octanol–water partition coefficient (Wildman–Crippen LogP) is 0.0137. The highest BCUT2D eigenvalue weighted by atomic mass is 32.1. The van der Waals surface area contributed by atoms with E-state index in [-0.39, 0.29) is 10.6 Å². The van der Waals surface area contributed by atoms with Crippen LogP contribution in [0.25, 0.3) is 11.4 Å². The van der Waals surface area contributed by atoms with Crippen LogP contribution in [0.2, 0.25) is 0 Å². The van der Waals surface area contributed by atoms with Crippen LogP contribution < -0.4 is 10.6 Å². The maximum atomic E-state index is 10.8. The first-order valence-electron chi connectivity index (χ1n) is 3.03. The summed E-state index contributed by atoms with van der Waals surface area (Å²) in [6, 6.07) is 0. The predicted molar refractivity (Wildman–Crippen MR) is 41.0 cm³/mol. The van der Waals surface area contributed by atoms with Gasteiger partial charge in [0.1, 0.15) is 5.69 Å². The fourth-order valence-electron chi connectivity index (χ4n) is 0.772. The van der Waals surface area contributed by atoms with Gasteiger partial charge in [0.2, 0.25) is 11.9 Å². The van der Waals surface area contributed by atoms with Crippen molar-refractivity contribution in [2.24, 2.45) is 0 Å². The first-order valence-corrected chi connectivity index (χ1v) is 3.91. The van der Waals surface area contributed by atoms with Gasteiger partial charge in [-0.2, -0.15) is 0 Å². The average molecular weight is 184 g/mol. The molecule has 2 rings (SSSR count). The minimum Gasteiger partial charge on any atom is -0.375 e. The van der Waals surface area contributed by atoms with Crippen LogP contribution >= 0.6 is 11.3 Å². The lowest BCUT2D eigenvalue weighted by atomic mass is 10.4. The van der Waals surface area contributed by atoms with Gasteiger partial charge in [0.05, 0.1) is 0 Å². The molecule has 0 aliphatic heterocycles. The van der Waals surface area contributed by atoms with Crippen molar-refractivity contribution in [1.29, 1.82) is 0 Å². The standard InChI is InChI=1S/C5H4N4O2S/c6-5-8-3(2-12-5)4-1-7-11-9(4)10/h1-2H,(H2,6,8). The highest BCUT2D eigenvalue weighted by Gasteiger charge is 2.12. The second kappa shape index (κ2) is 2.45. The van der Waals surface area contributed by atoms with Crippen molar-refractivity contribution in [3.8, 4) is 11.4 Å². The Labute approximate surface area is 70.8 Å². The smallest absolute Gasteiger partial charge is 0.244 e.